The van der Waals surface area contributed by atoms with Crippen molar-refractivity contribution in [2.45, 2.75) is 18.7 Å². The third-order valence-corrected chi connectivity index (χ3v) is 7.57. The van der Waals surface area contributed by atoms with Crippen LogP contribution in [-0.2, 0) is 19.5 Å². The summed E-state index contributed by atoms with van der Waals surface area (Å²) < 4.78 is 31.8. The van der Waals surface area contributed by atoms with Gasteiger partial charge in [-0.2, -0.15) is 0 Å². The zero-order chi connectivity index (χ0) is 22.7. The second-order valence-corrected chi connectivity index (χ2v) is 9.92. The molecular formula is C17H17BN4O7S2. The summed E-state index contributed by atoms with van der Waals surface area (Å²) in [5.41, 5.74) is -0.800. The number of hydrogen-bond acceptors (Lipinski definition) is 9. The fourth-order valence-corrected chi connectivity index (χ4v) is 5.57. The number of aryl methyl sites for hydroxylation is 1. The van der Waals surface area contributed by atoms with Gasteiger partial charge in [-0.05, 0) is 26.0 Å². The molecule has 2 aromatic rings. The van der Waals surface area contributed by atoms with E-state index in [1.165, 1.54) is 34.6 Å². The standard InChI is InChI=1S/C17H17BN4O7S2/c1-4-22-9-5-6-10-11(12(9)18(26)29-17(22)25)14(23)13(21(3)31(10,27)28)15(24)20-16-19-7-8(2)30-16/h5-7,23,26H,4H2,1-3H3,(H,19,20,24). The van der Waals surface area contributed by atoms with Crippen molar-refractivity contribution in [3.8, 4) is 0 Å². The number of carbonyl (C=O) groups excluding carboxylic acids is 2. The molecule has 162 valence electrons. The Morgan fingerprint density at radius 2 is 2.10 bits per heavy atom. The molecule has 0 fully saturated rings. The number of rotatable bonds is 3. The van der Waals surface area contributed by atoms with E-state index in [4.69, 9.17) is 4.65 Å². The van der Waals surface area contributed by atoms with Crippen molar-refractivity contribution in [3.63, 3.8) is 0 Å². The Balaban J connectivity index is 1.94. The molecule has 2 amide bonds. The van der Waals surface area contributed by atoms with Crippen LogP contribution in [0.2, 0.25) is 0 Å². The Hall–Kier alpha value is -3.10. The first kappa shape index (κ1) is 21.1. The Bertz CT molecular complexity index is 1260. The summed E-state index contributed by atoms with van der Waals surface area (Å²) in [5, 5.41) is 24.1. The average Bonchev–Trinajstić information content (AvgIpc) is 3.10. The second-order valence-electron chi connectivity index (χ2n) is 6.75. The highest BCUT2D eigenvalue weighted by Gasteiger charge is 2.46. The zero-order valence-corrected chi connectivity index (χ0v) is 18.2. The normalized spacial score (nSPS) is 17.3. The molecule has 4 rings (SSSR count). The van der Waals surface area contributed by atoms with Gasteiger partial charge in [0.2, 0.25) is 0 Å². The van der Waals surface area contributed by atoms with Gasteiger partial charge in [0.1, 0.15) is 0 Å². The highest BCUT2D eigenvalue weighted by Crippen LogP contribution is 2.37. The van der Waals surface area contributed by atoms with Crippen molar-refractivity contribution < 1.29 is 32.8 Å². The van der Waals surface area contributed by atoms with Gasteiger partial charge < -0.3 is 14.8 Å². The Morgan fingerprint density at radius 3 is 2.71 bits per heavy atom. The SMILES string of the molecule is CCN1C(=O)OB(O)c2c1ccc1c2C(O)=C(C(=O)Nc2ncc(C)s2)N(C)S1(=O)=O. The lowest BCUT2D eigenvalue weighted by Crippen LogP contribution is -2.53. The van der Waals surface area contributed by atoms with Crippen LogP contribution in [0.4, 0.5) is 15.6 Å². The molecule has 2 aliphatic heterocycles. The van der Waals surface area contributed by atoms with E-state index >= 15 is 0 Å². The molecule has 0 saturated carbocycles. The van der Waals surface area contributed by atoms with Crippen molar-refractivity contribution in [2.75, 3.05) is 23.8 Å². The number of fused-ring (bicyclic) bond motifs is 3. The summed E-state index contributed by atoms with van der Waals surface area (Å²) >= 11 is 1.18. The van der Waals surface area contributed by atoms with E-state index in [0.29, 0.717) is 4.31 Å². The fraction of sp³-hybridized carbons (Fsp3) is 0.235. The minimum Gasteiger partial charge on any atom is -0.505 e. The highest BCUT2D eigenvalue weighted by atomic mass is 32.2. The van der Waals surface area contributed by atoms with Crippen molar-refractivity contribution >= 4 is 62.5 Å². The Morgan fingerprint density at radius 1 is 1.39 bits per heavy atom. The molecule has 0 atom stereocenters. The molecule has 31 heavy (non-hydrogen) atoms. The summed E-state index contributed by atoms with van der Waals surface area (Å²) in [6, 6.07) is 2.56. The molecule has 0 saturated heterocycles. The number of likely N-dealkylation sites (N-methyl/N-ethyl adjacent to an activating group) is 1. The largest absolute Gasteiger partial charge is 0.566 e. The number of aliphatic hydroxyl groups is 1. The van der Waals surface area contributed by atoms with Crippen LogP contribution in [-0.4, -0.2) is 60.5 Å². The lowest BCUT2D eigenvalue weighted by Gasteiger charge is -2.34. The van der Waals surface area contributed by atoms with Gasteiger partial charge in [-0.1, -0.05) is 0 Å². The highest BCUT2D eigenvalue weighted by molar-refractivity contribution is 7.89. The molecule has 0 radical (unpaired) electrons. The molecule has 1 aromatic carbocycles. The third kappa shape index (κ3) is 3.14. The summed E-state index contributed by atoms with van der Waals surface area (Å²) in [6.07, 6.45) is 0.713. The monoisotopic (exact) mass is 464 g/mol. The number of aromatic nitrogens is 1. The molecule has 14 heteroatoms. The van der Waals surface area contributed by atoms with Gasteiger partial charge in [-0.25, -0.2) is 18.2 Å². The van der Waals surface area contributed by atoms with Crippen molar-refractivity contribution in [2.24, 2.45) is 0 Å². The van der Waals surface area contributed by atoms with E-state index in [9.17, 15) is 28.1 Å². The van der Waals surface area contributed by atoms with Gasteiger partial charge >= 0.3 is 13.2 Å². The topological polar surface area (TPSA) is 149 Å². The molecule has 1 aromatic heterocycles. The van der Waals surface area contributed by atoms with E-state index < -0.39 is 40.6 Å². The van der Waals surface area contributed by atoms with Crippen molar-refractivity contribution in [3.05, 3.63) is 34.5 Å². The molecule has 2 aliphatic rings. The molecule has 11 nitrogen and oxygen atoms in total. The molecule has 0 bridgehead atoms. The van der Waals surface area contributed by atoms with Gasteiger partial charge in [0.25, 0.3) is 15.9 Å². The number of nitrogens with zero attached hydrogens (tertiary/aromatic N) is 3. The number of benzene rings is 1. The predicted molar refractivity (Wildman–Crippen MR) is 114 cm³/mol. The number of thiazole rings is 1. The number of amides is 2. The molecular weight excluding hydrogens is 447 g/mol. The second kappa shape index (κ2) is 7.25. The van der Waals surface area contributed by atoms with E-state index in [1.54, 1.807) is 13.8 Å². The molecule has 0 aliphatic carbocycles. The van der Waals surface area contributed by atoms with Gasteiger partial charge in [0.15, 0.2) is 16.6 Å². The lowest BCUT2D eigenvalue weighted by molar-refractivity contribution is -0.113. The van der Waals surface area contributed by atoms with E-state index in [0.717, 1.165) is 11.9 Å². The van der Waals surface area contributed by atoms with Crippen molar-refractivity contribution in [1.82, 2.24) is 9.29 Å². The number of sulfonamides is 1. The first-order chi connectivity index (χ1) is 14.6. The summed E-state index contributed by atoms with van der Waals surface area (Å²) in [5.74, 6) is -1.58. The fourth-order valence-electron chi connectivity index (χ4n) is 3.50. The Labute approximate surface area is 181 Å². The van der Waals surface area contributed by atoms with Gasteiger partial charge in [0, 0.05) is 41.4 Å². The maximum atomic E-state index is 13.1. The first-order valence-corrected chi connectivity index (χ1v) is 11.3. The van der Waals surface area contributed by atoms with Crippen LogP contribution in [0, 0.1) is 6.92 Å². The number of hydrogen-bond donors (Lipinski definition) is 3. The van der Waals surface area contributed by atoms with E-state index in [-0.39, 0.29) is 33.3 Å². The van der Waals surface area contributed by atoms with Gasteiger partial charge in [0.05, 0.1) is 4.90 Å². The van der Waals surface area contributed by atoms with Crippen LogP contribution in [0.5, 0.6) is 0 Å². The maximum absolute atomic E-state index is 13.1. The van der Waals surface area contributed by atoms with Crippen LogP contribution < -0.4 is 15.7 Å². The van der Waals surface area contributed by atoms with E-state index in [2.05, 4.69) is 10.3 Å². The lowest BCUT2D eigenvalue weighted by atomic mass is 9.73. The maximum Gasteiger partial charge on any atom is 0.566 e. The Kier molecular flexibility index (Phi) is 4.95. The predicted octanol–water partition coefficient (Wildman–Crippen LogP) is 0.615. The first-order valence-electron chi connectivity index (χ1n) is 9.07. The van der Waals surface area contributed by atoms with Gasteiger partial charge in [-0.3, -0.25) is 19.3 Å². The zero-order valence-electron chi connectivity index (χ0n) is 16.6. The number of anilines is 2. The minimum atomic E-state index is -4.26. The van der Waals surface area contributed by atoms with E-state index in [1.807, 2.05) is 0 Å². The number of aliphatic hydroxyl groups excluding tert-OH is 1. The quantitative estimate of drug-likeness (QED) is 0.560. The third-order valence-electron chi connectivity index (χ3n) is 4.94. The van der Waals surface area contributed by atoms with Crippen LogP contribution in [0.1, 0.15) is 17.4 Å². The average molecular weight is 464 g/mol. The van der Waals surface area contributed by atoms with Gasteiger partial charge in [-0.15, -0.1) is 11.3 Å². The number of nitrogens with one attached hydrogen (secondary N) is 1. The molecule has 0 unspecified atom stereocenters. The van der Waals surface area contributed by atoms with Crippen molar-refractivity contribution in [1.29, 1.82) is 0 Å². The smallest absolute Gasteiger partial charge is 0.505 e. The molecule has 3 N–H and O–H groups in total. The summed E-state index contributed by atoms with van der Waals surface area (Å²) in [6.45, 7) is 3.62. The summed E-state index contributed by atoms with van der Waals surface area (Å²) in [4.78, 5) is 30.6. The van der Waals surface area contributed by atoms with Crippen LogP contribution in [0.3, 0.4) is 0 Å². The van der Waals surface area contributed by atoms with Crippen LogP contribution >= 0.6 is 11.3 Å². The minimum absolute atomic E-state index is 0.122. The summed E-state index contributed by atoms with van der Waals surface area (Å²) in [7, 11) is -4.96. The van der Waals surface area contributed by atoms with Crippen LogP contribution in [0.15, 0.2) is 28.9 Å². The number of carbonyl (C=O) groups is 2. The molecule has 3 heterocycles. The molecule has 0 spiro atoms. The van der Waals surface area contributed by atoms with Crippen LogP contribution in [0.25, 0.3) is 5.76 Å².